The van der Waals surface area contributed by atoms with E-state index in [4.69, 9.17) is 19.9 Å². The van der Waals surface area contributed by atoms with E-state index in [0.717, 1.165) is 67.2 Å². The van der Waals surface area contributed by atoms with Gasteiger partial charge < -0.3 is 4.40 Å². The SMILES string of the molecule is c1ccc(-c2c3ccccc3c(-c3ccccc3)c3cc(-c4ccc(-c5cn6ccccc6n5)cc4)ccc23)cc1.c1ccc(-c2c3ccccc3c(-c3ccccc3)c3cc(-c4ccc(-c5cn6cnccc6n5)cc4)ccc23)cc1.c1ccc(-c2cccc3nc(-c4ccc(-c5ccc6c(-c7ccccc7)c7ccccc7c(-c7ccccc7)c6c5)cc4)ncc23)cc1. The van der Waals surface area contributed by atoms with E-state index in [-0.39, 0.29) is 0 Å². The molecule has 0 amide bonds. The first-order chi connectivity index (χ1) is 64.5. The maximum Gasteiger partial charge on any atom is 0.159 e. The standard InChI is InChI=1S/C46H30N2.C39H26N2.C38H25N3/c1-4-13-32(14-5-1)37-21-12-22-43-42(37)30-47-46(48-43)35-25-23-31(24-26-35)36-27-28-40-41(29-36)45(34-17-8-3-9-18-34)39-20-11-10-19-38(39)44(40)33-15-6-2-7-16-33;1-3-11-29(12-4-1)38-32-15-7-8-16-33(32)39(30-13-5-2-6-14-30)35-25-31(22-23-34(35)38)27-18-20-28(21-19-27)36-26-41-24-10-9-17-37(41)40-36;1-3-9-28(10-4-1)37-31-13-7-8-14-32(31)38(29-11-5-2-6-12-29)34-23-30(19-20-33(34)37)26-15-17-27(18-16-26)35-24-41-25-39-22-21-36(41)40-35/h1-30H;1-26H;1-25H. The second kappa shape index (κ2) is 33.9. The first-order valence-electron chi connectivity index (χ1n) is 44.1. The molecular weight excluding hydrogens is 1580 g/mol. The summed E-state index contributed by atoms with van der Waals surface area (Å²) in [5, 5.41) is 16.2. The Morgan fingerprint density at radius 2 is 0.485 bits per heavy atom. The summed E-state index contributed by atoms with van der Waals surface area (Å²) in [7, 11) is 0. The summed E-state index contributed by atoms with van der Waals surface area (Å²) in [6.07, 6.45) is 11.7. The zero-order chi connectivity index (χ0) is 86.2. The summed E-state index contributed by atoms with van der Waals surface area (Å²) >= 11 is 0. The van der Waals surface area contributed by atoms with Crippen LogP contribution in [0, 0.1) is 0 Å². The van der Waals surface area contributed by atoms with Crippen molar-refractivity contribution < 1.29 is 0 Å². The molecule has 0 saturated carbocycles. The molecule has 0 unspecified atom stereocenters. The predicted octanol–water partition coefficient (Wildman–Crippen LogP) is 32.3. The van der Waals surface area contributed by atoms with Gasteiger partial charge in [-0.1, -0.05) is 413 Å². The summed E-state index contributed by atoms with van der Waals surface area (Å²) in [5.74, 6) is 0.725. The van der Waals surface area contributed by atoms with Crippen LogP contribution in [0.4, 0.5) is 0 Å². The average molecular weight is 1660 g/mol. The first kappa shape index (κ1) is 77.4. The van der Waals surface area contributed by atoms with Crippen molar-refractivity contribution in [2.45, 2.75) is 0 Å². The van der Waals surface area contributed by atoms with Gasteiger partial charge in [0.05, 0.1) is 16.9 Å². The van der Waals surface area contributed by atoms with Gasteiger partial charge in [0.2, 0.25) is 0 Å². The molecule has 0 aliphatic carbocycles. The van der Waals surface area contributed by atoms with Crippen molar-refractivity contribution >= 4 is 86.8 Å². The molecule has 7 heteroatoms. The number of hydrogen-bond acceptors (Lipinski definition) is 5. The number of rotatable bonds is 13. The Hall–Kier alpha value is -17.4. The number of fused-ring (bicyclic) bond motifs is 9. The molecule has 0 aliphatic heterocycles. The predicted molar refractivity (Wildman–Crippen MR) is 543 cm³/mol. The van der Waals surface area contributed by atoms with Gasteiger partial charge in [-0.05, 0) is 218 Å². The van der Waals surface area contributed by atoms with Crippen LogP contribution in [0.15, 0.2) is 492 Å². The highest BCUT2D eigenvalue weighted by Gasteiger charge is 2.23. The zero-order valence-electron chi connectivity index (χ0n) is 70.9. The van der Waals surface area contributed by atoms with Crippen molar-refractivity contribution in [1.29, 1.82) is 0 Å². The molecular formula is C123H81N7. The van der Waals surface area contributed by atoms with Gasteiger partial charge in [-0.3, -0.25) is 4.40 Å². The van der Waals surface area contributed by atoms with Gasteiger partial charge in [-0.25, -0.2) is 24.9 Å². The summed E-state index contributed by atoms with van der Waals surface area (Å²) in [6.45, 7) is 0. The molecule has 0 bridgehead atoms. The topological polar surface area (TPSA) is 73.3 Å². The van der Waals surface area contributed by atoms with Crippen LogP contribution in [0.5, 0.6) is 0 Å². The van der Waals surface area contributed by atoms with Crippen LogP contribution in [-0.2, 0) is 0 Å². The second-order valence-corrected chi connectivity index (χ2v) is 33.0. The van der Waals surface area contributed by atoms with E-state index >= 15 is 0 Å². The second-order valence-electron chi connectivity index (χ2n) is 33.0. The van der Waals surface area contributed by atoms with E-state index in [1.807, 2.05) is 53.3 Å². The molecule has 20 aromatic carbocycles. The van der Waals surface area contributed by atoms with E-state index in [0.29, 0.717) is 0 Å². The molecule has 0 fully saturated rings. The van der Waals surface area contributed by atoms with E-state index < -0.39 is 0 Å². The van der Waals surface area contributed by atoms with Crippen LogP contribution in [0.25, 0.3) is 232 Å². The molecule has 5 heterocycles. The highest BCUT2D eigenvalue weighted by atomic mass is 15.0. The maximum atomic E-state index is 4.98. The Kier molecular flexibility index (Phi) is 20.2. The van der Waals surface area contributed by atoms with Gasteiger partial charge in [0.1, 0.15) is 17.6 Å². The maximum absolute atomic E-state index is 4.98. The Morgan fingerprint density at radius 3 is 0.846 bits per heavy atom. The third-order valence-electron chi connectivity index (χ3n) is 25.3. The molecule has 0 spiro atoms. The Bertz CT molecular complexity index is 8130. The van der Waals surface area contributed by atoms with Crippen LogP contribution in [0.1, 0.15) is 0 Å². The number of aromatic nitrogens is 7. The summed E-state index contributed by atoms with van der Waals surface area (Å²) in [5.41, 5.74) is 32.3. The number of pyridine rings is 1. The molecule has 25 aromatic rings. The lowest BCUT2D eigenvalue weighted by molar-refractivity contribution is 1.09. The Labute approximate surface area is 752 Å². The molecule has 25 rings (SSSR count). The molecule has 0 saturated heterocycles. The van der Waals surface area contributed by atoms with E-state index in [1.165, 1.54) is 165 Å². The molecule has 0 N–H and O–H groups in total. The number of imidazole rings is 2. The highest BCUT2D eigenvalue weighted by Crippen LogP contribution is 2.50. The molecule has 5 aromatic heterocycles. The normalized spacial score (nSPS) is 11.4. The number of nitrogens with zero attached hydrogens (tertiary/aromatic N) is 7. The van der Waals surface area contributed by atoms with Crippen molar-refractivity contribution in [2.75, 3.05) is 0 Å². The fourth-order valence-electron chi connectivity index (χ4n) is 19.2. The van der Waals surface area contributed by atoms with Gasteiger partial charge in [0.25, 0.3) is 0 Å². The third-order valence-corrected chi connectivity index (χ3v) is 25.3. The molecule has 608 valence electrons. The fourth-order valence-corrected chi connectivity index (χ4v) is 19.2. The Balaban J connectivity index is 0.000000112. The number of hydrogen-bond donors (Lipinski definition) is 0. The lowest BCUT2D eigenvalue weighted by Gasteiger charge is -2.18. The van der Waals surface area contributed by atoms with Gasteiger partial charge >= 0.3 is 0 Å². The minimum atomic E-state index is 0.725. The van der Waals surface area contributed by atoms with Crippen molar-refractivity contribution in [3.8, 4) is 145 Å². The van der Waals surface area contributed by atoms with Gasteiger partial charge in [0.15, 0.2) is 5.82 Å². The van der Waals surface area contributed by atoms with Gasteiger partial charge in [-0.15, -0.1) is 0 Å². The molecule has 7 nitrogen and oxygen atoms in total. The lowest BCUT2D eigenvalue weighted by atomic mass is 9.85. The van der Waals surface area contributed by atoms with Crippen LogP contribution < -0.4 is 0 Å². The third kappa shape index (κ3) is 14.6. The average Bonchev–Trinajstić information content (AvgIpc) is 0.950. The summed E-state index contributed by atoms with van der Waals surface area (Å²) < 4.78 is 4.01. The zero-order valence-corrected chi connectivity index (χ0v) is 70.9. The van der Waals surface area contributed by atoms with Crippen LogP contribution in [0.3, 0.4) is 0 Å². The van der Waals surface area contributed by atoms with Crippen LogP contribution in [-0.4, -0.2) is 33.7 Å². The summed E-state index contributed by atoms with van der Waals surface area (Å²) in [6, 6.07) is 163. The Morgan fingerprint density at radius 1 is 0.185 bits per heavy atom. The van der Waals surface area contributed by atoms with E-state index in [2.05, 4.69) is 440 Å². The molecule has 130 heavy (non-hydrogen) atoms. The van der Waals surface area contributed by atoms with Gasteiger partial charge in [0, 0.05) is 53.1 Å². The minimum Gasteiger partial charge on any atom is -0.306 e. The molecule has 0 aliphatic rings. The lowest BCUT2D eigenvalue weighted by Crippen LogP contribution is -1.92. The fraction of sp³-hybridized carbons (Fsp3) is 0. The van der Waals surface area contributed by atoms with Crippen molar-refractivity contribution in [3.63, 3.8) is 0 Å². The van der Waals surface area contributed by atoms with Crippen molar-refractivity contribution in [3.05, 3.63) is 492 Å². The summed E-state index contributed by atoms with van der Waals surface area (Å²) in [4.78, 5) is 23.5. The molecule has 0 radical (unpaired) electrons. The van der Waals surface area contributed by atoms with Crippen molar-refractivity contribution in [2.24, 2.45) is 0 Å². The minimum absolute atomic E-state index is 0.725. The van der Waals surface area contributed by atoms with E-state index in [1.54, 1.807) is 12.5 Å². The van der Waals surface area contributed by atoms with Crippen molar-refractivity contribution in [1.82, 2.24) is 33.7 Å². The highest BCUT2D eigenvalue weighted by molar-refractivity contribution is 6.25. The molecule has 0 atom stereocenters. The number of benzene rings is 20. The van der Waals surface area contributed by atoms with E-state index in [9.17, 15) is 0 Å². The smallest absolute Gasteiger partial charge is 0.159 e. The monoisotopic (exact) mass is 1660 g/mol. The van der Waals surface area contributed by atoms with Gasteiger partial charge in [-0.2, -0.15) is 0 Å². The first-order valence-corrected chi connectivity index (χ1v) is 44.1. The largest absolute Gasteiger partial charge is 0.306 e. The van der Waals surface area contributed by atoms with Crippen LogP contribution >= 0.6 is 0 Å². The van der Waals surface area contributed by atoms with Crippen LogP contribution in [0.2, 0.25) is 0 Å². The quantitative estimate of drug-likeness (QED) is 0.108.